The Labute approximate surface area is 77.1 Å². The van der Waals surface area contributed by atoms with Gasteiger partial charge in [-0.1, -0.05) is 0 Å². The SMILES string of the molecule is CC(=O)Nc1ccc(C(F)(F)F)nn1. The zero-order chi connectivity index (χ0) is 10.8. The van der Waals surface area contributed by atoms with Gasteiger partial charge in [-0.25, -0.2) is 0 Å². The predicted octanol–water partition coefficient (Wildman–Crippen LogP) is 1.45. The van der Waals surface area contributed by atoms with E-state index < -0.39 is 17.8 Å². The molecule has 7 heteroatoms. The normalized spacial score (nSPS) is 11.1. The first kappa shape index (κ1) is 10.4. The van der Waals surface area contributed by atoms with Gasteiger partial charge in [0, 0.05) is 6.92 Å². The number of nitrogens with zero attached hydrogens (tertiary/aromatic N) is 2. The highest BCUT2D eigenvalue weighted by molar-refractivity contribution is 5.87. The zero-order valence-corrected chi connectivity index (χ0v) is 7.09. The number of carbonyl (C=O) groups excluding carboxylic acids is 1. The molecule has 1 N–H and O–H groups in total. The van der Waals surface area contributed by atoms with Crippen molar-refractivity contribution in [3.63, 3.8) is 0 Å². The van der Waals surface area contributed by atoms with Gasteiger partial charge >= 0.3 is 6.18 Å². The molecule has 0 fully saturated rings. The van der Waals surface area contributed by atoms with Gasteiger partial charge in [-0.15, -0.1) is 10.2 Å². The summed E-state index contributed by atoms with van der Waals surface area (Å²) in [6.45, 7) is 1.22. The Morgan fingerprint density at radius 2 is 2.00 bits per heavy atom. The zero-order valence-electron chi connectivity index (χ0n) is 7.09. The highest BCUT2D eigenvalue weighted by atomic mass is 19.4. The highest BCUT2D eigenvalue weighted by Crippen LogP contribution is 2.26. The van der Waals surface area contributed by atoms with E-state index in [-0.39, 0.29) is 5.82 Å². The molecule has 0 saturated carbocycles. The number of halogens is 3. The molecule has 0 atom stereocenters. The molecule has 1 rings (SSSR count). The van der Waals surface area contributed by atoms with Crippen molar-refractivity contribution in [1.29, 1.82) is 0 Å². The van der Waals surface area contributed by atoms with E-state index in [4.69, 9.17) is 0 Å². The van der Waals surface area contributed by atoms with Crippen LogP contribution in [0.4, 0.5) is 19.0 Å². The van der Waals surface area contributed by atoms with Crippen LogP contribution in [-0.4, -0.2) is 16.1 Å². The number of amides is 1. The second-order valence-electron chi connectivity index (χ2n) is 2.48. The molecule has 1 aromatic heterocycles. The fraction of sp³-hybridized carbons (Fsp3) is 0.286. The minimum absolute atomic E-state index is 0.00880. The van der Waals surface area contributed by atoms with Crippen molar-refractivity contribution in [1.82, 2.24) is 10.2 Å². The Balaban J connectivity index is 2.84. The predicted molar refractivity (Wildman–Crippen MR) is 41.3 cm³/mol. The summed E-state index contributed by atoms with van der Waals surface area (Å²) >= 11 is 0. The molecule has 0 aliphatic rings. The third kappa shape index (κ3) is 2.68. The molecule has 0 aliphatic heterocycles. The Hall–Kier alpha value is -1.66. The summed E-state index contributed by atoms with van der Waals surface area (Å²) in [4.78, 5) is 10.5. The molecule has 1 amide bonds. The molecule has 0 radical (unpaired) electrons. The fourth-order valence-electron chi connectivity index (χ4n) is 0.730. The van der Waals surface area contributed by atoms with Crippen molar-refractivity contribution in [2.75, 3.05) is 5.32 Å². The Bertz CT molecular complexity index is 333. The van der Waals surface area contributed by atoms with Gasteiger partial charge < -0.3 is 5.32 Å². The van der Waals surface area contributed by atoms with Crippen LogP contribution < -0.4 is 5.32 Å². The summed E-state index contributed by atoms with van der Waals surface area (Å²) in [7, 11) is 0. The summed E-state index contributed by atoms with van der Waals surface area (Å²) < 4.78 is 36.0. The topological polar surface area (TPSA) is 54.9 Å². The molecule has 1 aromatic rings. The number of rotatable bonds is 1. The Morgan fingerprint density at radius 3 is 2.36 bits per heavy atom. The second kappa shape index (κ2) is 3.60. The number of hydrogen-bond donors (Lipinski definition) is 1. The molecule has 14 heavy (non-hydrogen) atoms. The van der Waals surface area contributed by atoms with Crippen LogP contribution in [0.1, 0.15) is 12.6 Å². The lowest BCUT2D eigenvalue weighted by Crippen LogP contribution is -2.12. The van der Waals surface area contributed by atoms with Gasteiger partial charge in [-0.3, -0.25) is 4.79 Å². The number of carbonyl (C=O) groups is 1. The van der Waals surface area contributed by atoms with Crippen LogP contribution in [0.15, 0.2) is 12.1 Å². The maximum atomic E-state index is 12.0. The minimum atomic E-state index is -4.51. The number of anilines is 1. The van der Waals surface area contributed by atoms with Crippen molar-refractivity contribution in [3.05, 3.63) is 17.8 Å². The molecule has 0 aromatic carbocycles. The van der Waals surface area contributed by atoms with Crippen LogP contribution in [-0.2, 0) is 11.0 Å². The van der Waals surface area contributed by atoms with Crippen molar-refractivity contribution < 1.29 is 18.0 Å². The van der Waals surface area contributed by atoms with Crippen LogP contribution in [0.3, 0.4) is 0 Å². The molecule has 76 valence electrons. The smallest absolute Gasteiger partial charge is 0.309 e. The summed E-state index contributed by atoms with van der Waals surface area (Å²) in [5, 5.41) is 8.30. The molecule has 4 nitrogen and oxygen atoms in total. The van der Waals surface area contributed by atoms with E-state index in [9.17, 15) is 18.0 Å². The third-order valence-electron chi connectivity index (χ3n) is 1.26. The molecule has 1 heterocycles. The molecule has 0 aliphatic carbocycles. The summed E-state index contributed by atoms with van der Waals surface area (Å²) in [5.74, 6) is -0.426. The van der Waals surface area contributed by atoms with E-state index in [0.29, 0.717) is 0 Å². The lowest BCUT2D eigenvalue weighted by molar-refractivity contribution is -0.141. The van der Waals surface area contributed by atoms with E-state index in [1.807, 2.05) is 0 Å². The average Bonchev–Trinajstić information content (AvgIpc) is 2.02. The number of alkyl halides is 3. The molecule has 0 spiro atoms. The van der Waals surface area contributed by atoms with Crippen LogP contribution in [0, 0.1) is 0 Å². The Kier molecular flexibility index (Phi) is 2.68. The molecular weight excluding hydrogens is 199 g/mol. The summed E-state index contributed by atoms with van der Waals surface area (Å²) in [6.07, 6.45) is -4.51. The fourth-order valence-corrected chi connectivity index (χ4v) is 0.730. The van der Waals surface area contributed by atoms with E-state index in [1.54, 1.807) is 0 Å². The van der Waals surface area contributed by atoms with E-state index in [2.05, 4.69) is 15.5 Å². The van der Waals surface area contributed by atoms with Gasteiger partial charge in [0.05, 0.1) is 0 Å². The largest absolute Gasteiger partial charge is 0.435 e. The monoisotopic (exact) mass is 205 g/mol. The van der Waals surface area contributed by atoms with Crippen molar-refractivity contribution >= 4 is 11.7 Å². The van der Waals surface area contributed by atoms with Gasteiger partial charge in [-0.05, 0) is 12.1 Å². The van der Waals surface area contributed by atoms with Crippen molar-refractivity contribution in [2.45, 2.75) is 13.1 Å². The van der Waals surface area contributed by atoms with E-state index in [0.717, 1.165) is 12.1 Å². The summed E-state index contributed by atoms with van der Waals surface area (Å²) in [6, 6.07) is 1.79. The first-order valence-electron chi connectivity index (χ1n) is 3.58. The Morgan fingerprint density at radius 1 is 1.36 bits per heavy atom. The van der Waals surface area contributed by atoms with Gasteiger partial charge in [0.15, 0.2) is 11.5 Å². The minimum Gasteiger partial charge on any atom is -0.309 e. The van der Waals surface area contributed by atoms with E-state index in [1.165, 1.54) is 6.92 Å². The first-order chi connectivity index (χ1) is 6.39. The lowest BCUT2D eigenvalue weighted by Gasteiger charge is -2.04. The lowest BCUT2D eigenvalue weighted by atomic mass is 10.4. The van der Waals surface area contributed by atoms with Gasteiger partial charge in [0.25, 0.3) is 0 Å². The van der Waals surface area contributed by atoms with Gasteiger partial charge in [0.2, 0.25) is 5.91 Å². The molecule has 0 bridgehead atoms. The number of aromatic nitrogens is 2. The summed E-state index contributed by atoms with van der Waals surface area (Å²) in [5.41, 5.74) is -1.09. The molecule has 0 unspecified atom stereocenters. The van der Waals surface area contributed by atoms with Gasteiger partial charge in [-0.2, -0.15) is 13.2 Å². The third-order valence-corrected chi connectivity index (χ3v) is 1.26. The van der Waals surface area contributed by atoms with Gasteiger partial charge in [0.1, 0.15) is 0 Å². The van der Waals surface area contributed by atoms with Crippen molar-refractivity contribution in [3.8, 4) is 0 Å². The second-order valence-corrected chi connectivity index (χ2v) is 2.48. The van der Waals surface area contributed by atoms with Crippen LogP contribution in [0.5, 0.6) is 0 Å². The van der Waals surface area contributed by atoms with Crippen LogP contribution in [0.25, 0.3) is 0 Å². The van der Waals surface area contributed by atoms with E-state index >= 15 is 0 Å². The highest BCUT2D eigenvalue weighted by Gasteiger charge is 2.32. The average molecular weight is 205 g/mol. The standard InChI is InChI=1S/C7H6F3N3O/c1-4(14)11-6-3-2-5(12-13-6)7(8,9)10/h2-3H,1H3,(H,11,13,14). The van der Waals surface area contributed by atoms with Crippen molar-refractivity contribution in [2.24, 2.45) is 0 Å². The molecular formula is C7H6F3N3O. The number of hydrogen-bond acceptors (Lipinski definition) is 3. The first-order valence-corrected chi connectivity index (χ1v) is 3.58. The number of nitrogens with one attached hydrogen (secondary N) is 1. The molecule has 0 saturated heterocycles. The maximum absolute atomic E-state index is 12.0. The quantitative estimate of drug-likeness (QED) is 0.754. The maximum Gasteiger partial charge on any atom is 0.435 e. The van der Waals surface area contributed by atoms with Crippen LogP contribution >= 0.6 is 0 Å². The van der Waals surface area contributed by atoms with Crippen LogP contribution in [0.2, 0.25) is 0 Å².